The van der Waals surface area contributed by atoms with Gasteiger partial charge >= 0.3 is 6.03 Å². The third kappa shape index (κ3) is 3.58. The van der Waals surface area contributed by atoms with Crippen LogP contribution in [0.5, 0.6) is 0 Å². The second kappa shape index (κ2) is 7.75. The van der Waals surface area contributed by atoms with Crippen LogP contribution in [0.25, 0.3) is 10.9 Å². The molecule has 1 aromatic heterocycles. The quantitative estimate of drug-likeness (QED) is 0.741. The van der Waals surface area contributed by atoms with Gasteiger partial charge in [0.05, 0.1) is 22.6 Å². The SMILES string of the molecule is CCC(c1nc2ccccc2c(=O)n1C)N(C)C(=O)Nc1ccc(F)cc1F. The Morgan fingerprint density at radius 3 is 2.64 bits per heavy atom. The molecule has 1 N–H and O–H groups in total. The molecule has 28 heavy (non-hydrogen) atoms. The number of anilines is 1. The summed E-state index contributed by atoms with van der Waals surface area (Å²) in [6.07, 6.45) is 0.481. The number of aromatic nitrogens is 2. The zero-order valence-electron chi connectivity index (χ0n) is 15.7. The largest absolute Gasteiger partial charge is 0.322 e. The van der Waals surface area contributed by atoms with E-state index in [1.165, 1.54) is 16.5 Å². The lowest BCUT2D eigenvalue weighted by atomic mass is 10.1. The average molecular weight is 386 g/mol. The molecule has 1 unspecified atom stereocenters. The summed E-state index contributed by atoms with van der Waals surface area (Å²) in [5.41, 5.74) is 0.198. The number of carbonyl (C=O) groups excluding carboxylic acids is 1. The molecule has 0 fully saturated rings. The van der Waals surface area contributed by atoms with E-state index in [-0.39, 0.29) is 11.2 Å². The highest BCUT2D eigenvalue weighted by Crippen LogP contribution is 2.23. The monoisotopic (exact) mass is 386 g/mol. The Bertz CT molecular complexity index is 1100. The Morgan fingerprint density at radius 1 is 1.25 bits per heavy atom. The molecule has 6 nitrogen and oxygen atoms in total. The van der Waals surface area contributed by atoms with Gasteiger partial charge in [-0.3, -0.25) is 9.36 Å². The highest BCUT2D eigenvalue weighted by molar-refractivity contribution is 5.89. The topological polar surface area (TPSA) is 67.2 Å². The van der Waals surface area contributed by atoms with Gasteiger partial charge in [0, 0.05) is 20.2 Å². The average Bonchev–Trinajstić information content (AvgIpc) is 2.68. The maximum atomic E-state index is 13.8. The van der Waals surface area contributed by atoms with Crippen molar-refractivity contribution in [2.24, 2.45) is 7.05 Å². The molecule has 0 spiro atoms. The number of rotatable bonds is 4. The number of halogens is 2. The van der Waals surface area contributed by atoms with Crippen LogP contribution < -0.4 is 10.9 Å². The molecule has 3 aromatic rings. The van der Waals surface area contributed by atoms with E-state index in [9.17, 15) is 18.4 Å². The predicted octanol–water partition coefficient (Wildman–Crippen LogP) is 3.83. The van der Waals surface area contributed by atoms with Crippen molar-refractivity contribution in [1.29, 1.82) is 0 Å². The molecule has 0 aliphatic carbocycles. The maximum Gasteiger partial charge on any atom is 0.322 e. The fourth-order valence-corrected chi connectivity index (χ4v) is 3.10. The fraction of sp³-hybridized carbons (Fsp3) is 0.250. The minimum absolute atomic E-state index is 0.131. The summed E-state index contributed by atoms with van der Waals surface area (Å²) in [6.45, 7) is 1.86. The van der Waals surface area contributed by atoms with Crippen molar-refractivity contribution in [1.82, 2.24) is 14.5 Å². The number of nitrogens with zero attached hydrogens (tertiary/aromatic N) is 3. The van der Waals surface area contributed by atoms with E-state index in [1.54, 1.807) is 31.3 Å². The number of benzene rings is 2. The summed E-state index contributed by atoms with van der Waals surface area (Å²) in [5.74, 6) is -1.18. The Hall–Kier alpha value is -3.29. The van der Waals surface area contributed by atoms with E-state index in [2.05, 4.69) is 10.3 Å². The van der Waals surface area contributed by atoms with Gasteiger partial charge in [0.2, 0.25) is 0 Å². The molecular weight excluding hydrogens is 366 g/mol. The van der Waals surface area contributed by atoms with Crippen LogP contribution in [0.3, 0.4) is 0 Å². The van der Waals surface area contributed by atoms with Gasteiger partial charge in [0.15, 0.2) is 0 Å². The number of hydrogen-bond acceptors (Lipinski definition) is 3. The summed E-state index contributed by atoms with van der Waals surface area (Å²) < 4.78 is 28.3. The number of hydrogen-bond donors (Lipinski definition) is 1. The smallest absolute Gasteiger partial charge is 0.317 e. The zero-order chi connectivity index (χ0) is 20.4. The van der Waals surface area contributed by atoms with Crippen LogP contribution in [-0.2, 0) is 7.05 Å². The van der Waals surface area contributed by atoms with Crippen molar-refractivity contribution in [2.45, 2.75) is 19.4 Å². The van der Waals surface area contributed by atoms with Gasteiger partial charge in [0.25, 0.3) is 5.56 Å². The second-order valence-electron chi connectivity index (χ2n) is 6.44. The molecule has 2 amide bonds. The normalized spacial score (nSPS) is 12.0. The van der Waals surface area contributed by atoms with Crippen LogP contribution in [0.4, 0.5) is 19.3 Å². The maximum absolute atomic E-state index is 13.8. The minimum Gasteiger partial charge on any atom is -0.317 e. The molecular formula is C20H20F2N4O2. The van der Waals surface area contributed by atoms with Gasteiger partial charge in [0.1, 0.15) is 17.5 Å². The van der Waals surface area contributed by atoms with Crippen LogP contribution in [-0.4, -0.2) is 27.5 Å². The van der Waals surface area contributed by atoms with Crippen molar-refractivity contribution in [2.75, 3.05) is 12.4 Å². The fourth-order valence-electron chi connectivity index (χ4n) is 3.10. The standard InChI is InChI=1S/C20H20F2N4O2/c1-4-17(18-23-15-8-6-5-7-13(15)19(27)26(18)3)25(2)20(28)24-16-10-9-12(21)11-14(16)22/h5-11,17H,4H2,1-3H3,(H,24,28). The molecule has 0 bridgehead atoms. The molecule has 0 aliphatic heterocycles. The highest BCUT2D eigenvalue weighted by Gasteiger charge is 2.25. The first-order valence-electron chi connectivity index (χ1n) is 8.78. The van der Waals surface area contributed by atoms with Crippen LogP contribution in [0.15, 0.2) is 47.3 Å². The molecule has 1 atom stereocenters. The number of amides is 2. The van der Waals surface area contributed by atoms with Crippen LogP contribution in [0, 0.1) is 11.6 Å². The Kier molecular flexibility index (Phi) is 5.39. The third-order valence-corrected chi connectivity index (χ3v) is 4.66. The number of nitrogens with one attached hydrogen (secondary N) is 1. The number of carbonyl (C=O) groups is 1. The third-order valence-electron chi connectivity index (χ3n) is 4.66. The van der Waals surface area contributed by atoms with Gasteiger partial charge in [-0.1, -0.05) is 19.1 Å². The van der Waals surface area contributed by atoms with E-state index < -0.39 is 23.7 Å². The van der Waals surface area contributed by atoms with Gasteiger partial charge in [-0.2, -0.15) is 0 Å². The first kappa shape index (κ1) is 19.5. The van der Waals surface area contributed by atoms with Gasteiger partial charge in [-0.15, -0.1) is 0 Å². The zero-order valence-corrected chi connectivity index (χ0v) is 15.7. The number of fused-ring (bicyclic) bond motifs is 1. The molecule has 0 saturated heterocycles. The number of urea groups is 1. The van der Waals surface area contributed by atoms with Crippen molar-refractivity contribution >= 4 is 22.6 Å². The van der Waals surface area contributed by atoms with Crippen LogP contribution in [0.1, 0.15) is 25.2 Å². The second-order valence-corrected chi connectivity index (χ2v) is 6.44. The lowest BCUT2D eigenvalue weighted by Crippen LogP contribution is -2.38. The van der Waals surface area contributed by atoms with Gasteiger partial charge in [-0.25, -0.2) is 18.6 Å². The summed E-state index contributed by atoms with van der Waals surface area (Å²) >= 11 is 0. The Balaban J connectivity index is 1.94. The van der Waals surface area contributed by atoms with E-state index in [1.807, 2.05) is 6.92 Å². The lowest BCUT2D eigenvalue weighted by Gasteiger charge is -2.28. The van der Waals surface area contributed by atoms with Crippen LogP contribution in [0.2, 0.25) is 0 Å². The highest BCUT2D eigenvalue weighted by atomic mass is 19.1. The van der Waals surface area contributed by atoms with Crippen molar-refractivity contribution < 1.29 is 13.6 Å². The first-order chi connectivity index (χ1) is 13.3. The summed E-state index contributed by atoms with van der Waals surface area (Å²) in [5, 5.41) is 2.91. The van der Waals surface area contributed by atoms with E-state index in [0.29, 0.717) is 29.2 Å². The molecule has 8 heteroatoms. The van der Waals surface area contributed by atoms with Gasteiger partial charge in [-0.05, 0) is 30.7 Å². The molecule has 1 heterocycles. The molecule has 0 aliphatic rings. The van der Waals surface area contributed by atoms with E-state index in [4.69, 9.17) is 0 Å². The van der Waals surface area contributed by atoms with Crippen molar-refractivity contribution in [3.8, 4) is 0 Å². The van der Waals surface area contributed by atoms with Crippen molar-refractivity contribution in [3.05, 3.63) is 70.3 Å². The lowest BCUT2D eigenvalue weighted by molar-refractivity contribution is 0.198. The van der Waals surface area contributed by atoms with Gasteiger partial charge < -0.3 is 10.2 Å². The Labute approximate surface area is 160 Å². The summed E-state index contributed by atoms with van der Waals surface area (Å²) in [4.78, 5) is 31.2. The minimum atomic E-state index is -0.869. The molecule has 0 saturated carbocycles. The van der Waals surface area contributed by atoms with E-state index >= 15 is 0 Å². The predicted molar refractivity (Wildman–Crippen MR) is 103 cm³/mol. The molecule has 146 valence electrons. The molecule has 3 rings (SSSR count). The summed E-state index contributed by atoms with van der Waals surface area (Å²) in [6, 6.07) is 8.77. The van der Waals surface area contributed by atoms with Crippen molar-refractivity contribution in [3.63, 3.8) is 0 Å². The van der Waals surface area contributed by atoms with Crippen LogP contribution >= 0.6 is 0 Å². The van der Waals surface area contributed by atoms with E-state index in [0.717, 1.165) is 12.1 Å². The number of para-hydroxylation sites is 1. The first-order valence-corrected chi connectivity index (χ1v) is 8.78. The summed E-state index contributed by atoms with van der Waals surface area (Å²) in [7, 11) is 3.14. The molecule has 0 radical (unpaired) electrons. The molecule has 2 aromatic carbocycles. The Morgan fingerprint density at radius 2 is 1.96 bits per heavy atom.